The Labute approximate surface area is 160 Å². The number of thioether (sulfide) groups is 1. The molecule has 0 aliphatic carbocycles. The molecule has 1 aromatic heterocycles. The van der Waals surface area contributed by atoms with Crippen LogP contribution in [0.25, 0.3) is 17.1 Å². The van der Waals surface area contributed by atoms with Crippen molar-refractivity contribution in [1.29, 1.82) is 0 Å². The van der Waals surface area contributed by atoms with Gasteiger partial charge in [0, 0.05) is 17.0 Å². The predicted molar refractivity (Wildman–Crippen MR) is 102 cm³/mol. The second kappa shape index (κ2) is 7.13. The van der Waals surface area contributed by atoms with Gasteiger partial charge in [0.25, 0.3) is 0 Å². The first-order valence-electron chi connectivity index (χ1n) is 8.24. The van der Waals surface area contributed by atoms with Gasteiger partial charge in [-0.1, -0.05) is 41.6 Å². The number of aryl methyl sites for hydroxylation is 1. The number of carbonyl (C=O) groups is 1. The van der Waals surface area contributed by atoms with Crippen molar-refractivity contribution in [2.45, 2.75) is 23.8 Å². The number of nitrogens with zero attached hydrogens (tertiary/aromatic N) is 3. The number of hydrogen-bond donors (Lipinski definition) is 0. The zero-order valence-electron chi connectivity index (χ0n) is 14.1. The summed E-state index contributed by atoms with van der Waals surface area (Å²) in [4.78, 5) is 11.9. The number of carbonyl (C=O) groups excluding carboxylic acids is 1. The molecule has 26 heavy (non-hydrogen) atoms. The molecule has 0 radical (unpaired) electrons. The molecule has 7 heteroatoms. The van der Waals surface area contributed by atoms with E-state index in [0.29, 0.717) is 29.0 Å². The van der Waals surface area contributed by atoms with E-state index in [2.05, 4.69) is 10.2 Å². The van der Waals surface area contributed by atoms with Gasteiger partial charge in [0.2, 0.25) is 0 Å². The smallest absolute Gasteiger partial charge is 0.319 e. The molecule has 2 heterocycles. The number of hydrogen-bond acceptors (Lipinski definition) is 5. The highest BCUT2D eigenvalue weighted by molar-refractivity contribution is 8.00. The zero-order valence-corrected chi connectivity index (χ0v) is 15.6. The molecule has 1 unspecified atom stereocenters. The van der Waals surface area contributed by atoms with E-state index < -0.39 is 0 Å². The number of cyclic esters (lactones) is 1. The summed E-state index contributed by atoms with van der Waals surface area (Å²) in [7, 11) is 0. The first kappa shape index (κ1) is 17.1. The molecule has 0 amide bonds. The maximum absolute atomic E-state index is 11.9. The highest BCUT2D eigenvalue weighted by atomic mass is 35.5. The number of esters is 1. The Morgan fingerprint density at radius 3 is 2.62 bits per heavy atom. The lowest BCUT2D eigenvalue weighted by Gasteiger charge is -2.13. The monoisotopic (exact) mass is 385 g/mol. The summed E-state index contributed by atoms with van der Waals surface area (Å²) in [6, 6.07) is 15.5. The highest BCUT2D eigenvalue weighted by Gasteiger charge is 2.30. The van der Waals surface area contributed by atoms with Gasteiger partial charge < -0.3 is 4.74 Å². The van der Waals surface area contributed by atoms with Gasteiger partial charge >= 0.3 is 5.97 Å². The fourth-order valence-corrected chi connectivity index (χ4v) is 4.01. The number of aromatic nitrogens is 3. The van der Waals surface area contributed by atoms with Crippen LogP contribution < -0.4 is 0 Å². The van der Waals surface area contributed by atoms with Gasteiger partial charge in [0.1, 0.15) is 5.25 Å². The molecule has 1 aliphatic heterocycles. The SMILES string of the molecule is Cc1ccccc1-n1c(SC2CCOC2=O)nnc1-c1ccc(Cl)cc1. The summed E-state index contributed by atoms with van der Waals surface area (Å²) in [5.41, 5.74) is 2.99. The number of benzene rings is 2. The van der Waals surface area contributed by atoms with E-state index in [0.717, 1.165) is 16.8 Å². The Hall–Kier alpha value is -2.31. The van der Waals surface area contributed by atoms with Crippen LogP contribution in [0.5, 0.6) is 0 Å². The van der Waals surface area contributed by atoms with E-state index in [4.69, 9.17) is 16.3 Å². The van der Waals surface area contributed by atoms with Gasteiger partial charge in [-0.25, -0.2) is 0 Å². The van der Waals surface area contributed by atoms with Crippen molar-refractivity contribution in [3.63, 3.8) is 0 Å². The molecule has 1 saturated heterocycles. The maximum Gasteiger partial charge on any atom is 0.319 e. The van der Waals surface area contributed by atoms with Crippen LogP contribution in [-0.2, 0) is 9.53 Å². The molecule has 132 valence electrons. The molecule has 4 rings (SSSR count). The summed E-state index contributed by atoms with van der Waals surface area (Å²) < 4.78 is 7.07. The largest absolute Gasteiger partial charge is 0.465 e. The third-order valence-electron chi connectivity index (χ3n) is 4.23. The Morgan fingerprint density at radius 1 is 1.15 bits per heavy atom. The molecule has 0 bridgehead atoms. The normalized spacial score (nSPS) is 16.7. The van der Waals surface area contributed by atoms with Crippen LogP contribution in [-0.4, -0.2) is 32.6 Å². The van der Waals surface area contributed by atoms with E-state index in [-0.39, 0.29) is 11.2 Å². The van der Waals surface area contributed by atoms with E-state index in [9.17, 15) is 4.79 Å². The number of ether oxygens (including phenoxy) is 1. The van der Waals surface area contributed by atoms with Gasteiger partial charge in [0.05, 0.1) is 12.3 Å². The van der Waals surface area contributed by atoms with Gasteiger partial charge in [-0.2, -0.15) is 0 Å². The lowest BCUT2D eigenvalue weighted by Crippen LogP contribution is -2.11. The number of rotatable bonds is 4. The quantitative estimate of drug-likeness (QED) is 0.626. The van der Waals surface area contributed by atoms with Crippen LogP contribution in [0.2, 0.25) is 5.02 Å². The molecule has 1 fully saturated rings. The second-order valence-electron chi connectivity index (χ2n) is 6.00. The van der Waals surface area contributed by atoms with Crippen molar-refractivity contribution < 1.29 is 9.53 Å². The minimum absolute atomic E-state index is 0.192. The fourth-order valence-electron chi connectivity index (χ4n) is 2.88. The summed E-state index contributed by atoms with van der Waals surface area (Å²) in [6.45, 7) is 2.50. The van der Waals surface area contributed by atoms with Crippen LogP contribution in [0.1, 0.15) is 12.0 Å². The predicted octanol–water partition coefficient (Wildman–Crippen LogP) is 4.30. The van der Waals surface area contributed by atoms with E-state index in [1.807, 2.05) is 60.0 Å². The molecule has 0 spiro atoms. The van der Waals surface area contributed by atoms with Crippen LogP contribution in [0.15, 0.2) is 53.7 Å². The van der Waals surface area contributed by atoms with Crippen molar-refractivity contribution in [3.05, 3.63) is 59.1 Å². The highest BCUT2D eigenvalue weighted by Crippen LogP contribution is 2.34. The first-order chi connectivity index (χ1) is 12.6. The van der Waals surface area contributed by atoms with E-state index >= 15 is 0 Å². The Balaban J connectivity index is 1.83. The molecule has 2 aromatic carbocycles. The molecular formula is C19H16ClN3O2S. The zero-order chi connectivity index (χ0) is 18.1. The summed E-state index contributed by atoms with van der Waals surface area (Å²) in [6.07, 6.45) is 0.681. The molecule has 3 aromatic rings. The fraction of sp³-hybridized carbons (Fsp3) is 0.211. The van der Waals surface area contributed by atoms with Crippen LogP contribution >= 0.6 is 23.4 Å². The Bertz CT molecular complexity index is 956. The third-order valence-corrected chi connectivity index (χ3v) is 5.67. The van der Waals surface area contributed by atoms with Crippen LogP contribution in [0, 0.1) is 6.92 Å². The average Bonchev–Trinajstić information content (AvgIpc) is 3.23. The van der Waals surface area contributed by atoms with Gasteiger partial charge in [-0.3, -0.25) is 9.36 Å². The van der Waals surface area contributed by atoms with Crippen LogP contribution in [0.4, 0.5) is 0 Å². The molecular weight excluding hydrogens is 370 g/mol. The average molecular weight is 386 g/mol. The van der Waals surface area contributed by atoms with Crippen molar-refractivity contribution in [3.8, 4) is 17.1 Å². The minimum atomic E-state index is -0.250. The summed E-state index contributed by atoms with van der Waals surface area (Å²) >= 11 is 7.41. The van der Waals surface area contributed by atoms with Crippen molar-refractivity contribution in [2.75, 3.05) is 6.61 Å². The lowest BCUT2D eigenvalue weighted by molar-refractivity contribution is -0.137. The topological polar surface area (TPSA) is 57.0 Å². The molecule has 0 N–H and O–H groups in total. The molecule has 1 atom stereocenters. The van der Waals surface area contributed by atoms with Gasteiger partial charge in [0.15, 0.2) is 11.0 Å². The summed E-state index contributed by atoms with van der Waals surface area (Å²) in [5.74, 6) is 0.521. The lowest BCUT2D eigenvalue weighted by atomic mass is 10.1. The summed E-state index contributed by atoms with van der Waals surface area (Å²) in [5, 5.41) is 9.85. The van der Waals surface area contributed by atoms with Crippen molar-refractivity contribution in [2.24, 2.45) is 0 Å². The van der Waals surface area contributed by atoms with E-state index in [1.54, 1.807) is 0 Å². The minimum Gasteiger partial charge on any atom is -0.465 e. The molecule has 5 nitrogen and oxygen atoms in total. The van der Waals surface area contributed by atoms with Crippen molar-refractivity contribution >= 4 is 29.3 Å². The molecule has 0 saturated carbocycles. The van der Waals surface area contributed by atoms with Gasteiger partial charge in [-0.15, -0.1) is 10.2 Å². The van der Waals surface area contributed by atoms with Gasteiger partial charge in [-0.05, 0) is 42.8 Å². The van der Waals surface area contributed by atoms with E-state index in [1.165, 1.54) is 11.8 Å². The number of para-hydroxylation sites is 1. The third kappa shape index (κ3) is 3.22. The second-order valence-corrected chi connectivity index (χ2v) is 7.60. The molecule has 1 aliphatic rings. The standard InChI is InChI=1S/C19H16ClN3O2S/c1-12-4-2-3-5-15(12)23-17(13-6-8-14(20)9-7-13)21-22-19(23)26-16-10-11-25-18(16)24/h2-9,16H,10-11H2,1H3. The maximum atomic E-state index is 11.9. The first-order valence-corrected chi connectivity index (χ1v) is 9.50. The van der Waals surface area contributed by atoms with Crippen LogP contribution in [0.3, 0.4) is 0 Å². The number of halogens is 1. The van der Waals surface area contributed by atoms with Crippen molar-refractivity contribution in [1.82, 2.24) is 14.8 Å². The Kier molecular flexibility index (Phi) is 4.70. The Morgan fingerprint density at radius 2 is 1.92 bits per heavy atom.